The van der Waals surface area contributed by atoms with Crippen LogP contribution in [0.25, 0.3) is 0 Å². The number of carbonyl (C=O) groups is 4. The van der Waals surface area contributed by atoms with E-state index in [2.05, 4.69) is 21.3 Å². The smallest absolute Gasteiger partial charge is 0.217 e. The fourth-order valence-electron chi connectivity index (χ4n) is 13.0. The van der Waals surface area contributed by atoms with Crippen molar-refractivity contribution in [1.29, 1.82) is 0 Å². The van der Waals surface area contributed by atoms with Gasteiger partial charge in [0.2, 0.25) is 23.6 Å². The lowest BCUT2D eigenvalue weighted by molar-refractivity contribution is -0.402. The monoisotopic (exact) mass is 1480 g/mol. The minimum Gasteiger partial charge on any atom is -0.394 e. The highest BCUT2D eigenvalue weighted by atomic mass is 16.8. The summed E-state index contributed by atoms with van der Waals surface area (Å²) >= 11 is 0. The number of amides is 4. The number of hydrogen-bond acceptors (Lipinski definition) is 41. The lowest BCUT2D eigenvalue weighted by Crippen LogP contribution is -2.71. The Morgan fingerprint density at radius 1 is 0.257 bits per heavy atom. The molecule has 45 nitrogen and oxygen atoms in total. The number of carbonyl (C=O) groups excluding carboxylic acids is 4. The molecule has 0 aromatic rings. The molecule has 26 N–H and O–H groups in total. The molecule has 4 amide bonds. The molecule has 0 bridgehead atoms. The highest BCUT2D eigenvalue weighted by Crippen LogP contribution is 2.39. The van der Waals surface area contributed by atoms with Crippen LogP contribution in [0.4, 0.5) is 0 Å². The van der Waals surface area contributed by atoms with E-state index in [1.165, 1.54) is 0 Å². The lowest BCUT2D eigenvalue weighted by atomic mass is 9.93. The third-order valence-corrected chi connectivity index (χ3v) is 18.2. The number of aliphatic hydroxyl groups excluding tert-OH is 22. The van der Waals surface area contributed by atoms with Crippen LogP contribution >= 0.6 is 0 Å². The molecule has 8 aliphatic rings. The zero-order valence-corrected chi connectivity index (χ0v) is 54.3. The summed E-state index contributed by atoms with van der Waals surface area (Å²) < 4.78 is 88.7. The van der Waals surface area contributed by atoms with Gasteiger partial charge in [-0.05, 0) is 0 Å². The second kappa shape index (κ2) is 36.3. The molecule has 0 aromatic heterocycles. The molecule has 8 heterocycles. The average molecular weight is 1480 g/mol. The third kappa shape index (κ3) is 18.5. The summed E-state index contributed by atoms with van der Waals surface area (Å²) in [5.41, 5.74) is 0. The van der Waals surface area contributed by atoms with Gasteiger partial charge in [0.15, 0.2) is 50.3 Å². The first-order valence-electron chi connectivity index (χ1n) is 32.1. The summed E-state index contributed by atoms with van der Waals surface area (Å²) in [7, 11) is 0. The Morgan fingerprint density at radius 2 is 0.545 bits per heavy atom. The maximum atomic E-state index is 12.9. The zero-order chi connectivity index (χ0) is 74.5. The van der Waals surface area contributed by atoms with Crippen LogP contribution in [-0.2, 0) is 90.2 Å². The van der Waals surface area contributed by atoms with Crippen molar-refractivity contribution in [3.8, 4) is 0 Å². The van der Waals surface area contributed by atoms with Gasteiger partial charge >= 0.3 is 0 Å². The van der Waals surface area contributed by atoms with Gasteiger partial charge in [-0.1, -0.05) is 0 Å². The average Bonchev–Trinajstić information content (AvgIpc) is 0.766. The molecule has 40 atom stereocenters. The van der Waals surface area contributed by atoms with Crippen molar-refractivity contribution in [3.05, 3.63) is 0 Å². The van der Waals surface area contributed by atoms with Crippen LogP contribution in [-0.4, -0.2) is 434 Å². The molecule has 0 aromatic carbocycles. The molecule has 1 unspecified atom stereocenters. The summed E-state index contributed by atoms with van der Waals surface area (Å²) in [6.07, 6.45) is -74.1. The van der Waals surface area contributed by atoms with E-state index in [0.29, 0.717) is 0 Å². The van der Waals surface area contributed by atoms with Gasteiger partial charge in [0.25, 0.3) is 0 Å². The van der Waals surface area contributed by atoms with E-state index in [9.17, 15) is 132 Å². The number of ether oxygens (including phenoxy) is 15. The van der Waals surface area contributed by atoms with Crippen LogP contribution in [0.15, 0.2) is 0 Å². The van der Waals surface area contributed by atoms with Crippen molar-refractivity contribution in [1.82, 2.24) is 21.3 Å². The Balaban J connectivity index is 1.17. The summed E-state index contributed by atoms with van der Waals surface area (Å²) in [6, 6.07) is -7.12. The largest absolute Gasteiger partial charge is 0.394 e. The van der Waals surface area contributed by atoms with Crippen LogP contribution < -0.4 is 21.3 Å². The molecule has 584 valence electrons. The molecule has 0 radical (unpaired) electrons. The number of hydrogen-bond donors (Lipinski definition) is 26. The molecule has 8 aliphatic heterocycles. The SMILES string of the molecule is CC(=O)N[C@H]1[C@H](O[C@H]2[C@H](O)[C@@H](NC(C)=O)C(O)O[C@@H]2CO)O[C@H](CO)[C@@H](O[C@@H]2O[C@H](CO[C@H]3O[C@H](CO)[C@@H](O)[C@H](O[C@H]4O[C@H](CO)[C@@H](O)[C@H](O)[C@@H]4O)[C@@H]3O)[C@@H](O)[C@H](O[C@H]3O[C@H](CO)[C@@H](O[C@@H]4O[C@H](CO)[C@@H](O)[C@H](O)[C@H]4NC(C)=O)[C@H](O)[C@@H]3O[C@@H]3O[C@H](CO)[C@@H](O)[C@H](O)[C@H]3NC(C)=O)[C@@H]2O)[C@@H]1O. The van der Waals surface area contributed by atoms with Crippen molar-refractivity contribution < 1.29 is 203 Å². The topological polar surface area (TPSA) is 700 Å². The van der Waals surface area contributed by atoms with Crippen LogP contribution in [0.2, 0.25) is 0 Å². The van der Waals surface area contributed by atoms with E-state index in [1.54, 1.807) is 0 Å². The summed E-state index contributed by atoms with van der Waals surface area (Å²) in [4.78, 5) is 50.2. The molecule has 0 spiro atoms. The van der Waals surface area contributed by atoms with E-state index < -0.39 is 322 Å². The second-order valence-corrected chi connectivity index (χ2v) is 25.4. The first kappa shape index (κ1) is 83.0. The zero-order valence-electron chi connectivity index (χ0n) is 54.3. The predicted molar refractivity (Wildman–Crippen MR) is 311 cm³/mol. The molecular weight excluding hydrogens is 1380 g/mol. The molecule has 101 heavy (non-hydrogen) atoms. The molecule has 45 heteroatoms. The molecule has 0 aliphatic carbocycles. The maximum Gasteiger partial charge on any atom is 0.217 e. The van der Waals surface area contributed by atoms with Gasteiger partial charge < -0.3 is 205 Å². The second-order valence-electron chi connectivity index (χ2n) is 25.4. The van der Waals surface area contributed by atoms with Gasteiger partial charge in [-0.15, -0.1) is 0 Å². The van der Waals surface area contributed by atoms with Gasteiger partial charge in [0.05, 0.1) is 52.9 Å². The first-order valence-corrected chi connectivity index (χ1v) is 32.1. The van der Waals surface area contributed by atoms with Gasteiger partial charge in [0, 0.05) is 27.7 Å². The van der Waals surface area contributed by atoms with Crippen LogP contribution in [0.5, 0.6) is 0 Å². The van der Waals surface area contributed by atoms with Crippen LogP contribution in [0.1, 0.15) is 27.7 Å². The standard InChI is InChI=1S/C56H94N4O41/c1-13(68)57-25-36(79)43(21(9-65)88-49(25)86)96-52-28(60-16(4)71)37(80)44(22(10-66)93-52)98-55-42(85)47(33(76)24(95-55)12-87-53-41(84)46(32(75)20(8-64)91-53)99-54-39(82)38(81)31(74)19(7-63)92-54)100-56-48(101-51-27(59-15(3)70)35(78)30(73)18(6-62)90-51)40(83)45(23(11-67)94-56)97-50-26(58-14(2)69)34(77)29(72)17(5-61)89-50/h17-56,61-67,72-86H,5-12H2,1-4H3,(H,57,68)(H,58,69)(H,59,70)(H,60,71)/t17-,18-,19-,20-,21-,22-,23-,24-,25-,26-,27-,28-,29-,30-,31-,32-,33-,34-,35-,36-,37-,38+,39+,40+,41+,42+,43-,44-,45-,46+,47+,48+,49?,50+,51+,52+,53+,54-,55+,56-/m1/s1. The van der Waals surface area contributed by atoms with Gasteiger partial charge in [-0.3, -0.25) is 19.2 Å². The minimum atomic E-state index is -2.55. The minimum absolute atomic E-state index is 0.773. The normalized spacial score (nSPS) is 48.3. The van der Waals surface area contributed by atoms with Gasteiger partial charge in [0.1, 0.15) is 195 Å². The fraction of sp³-hybridized carbons (Fsp3) is 0.929. The Morgan fingerprint density at radius 3 is 1.00 bits per heavy atom. The van der Waals surface area contributed by atoms with E-state index in [0.717, 1.165) is 27.7 Å². The fourth-order valence-corrected chi connectivity index (χ4v) is 13.0. The summed E-state index contributed by atoms with van der Waals surface area (Å²) in [5, 5.41) is 253. The molecule has 8 saturated heterocycles. The van der Waals surface area contributed by atoms with Gasteiger partial charge in [-0.25, -0.2) is 0 Å². The van der Waals surface area contributed by atoms with Crippen LogP contribution in [0, 0.1) is 0 Å². The van der Waals surface area contributed by atoms with E-state index in [4.69, 9.17) is 71.1 Å². The van der Waals surface area contributed by atoms with E-state index in [1.807, 2.05) is 0 Å². The lowest BCUT2D eigenvalue weighted by Gasteiger charge is -2.51. The highest BCUT2D eigenvalue weighted by molar-refractivity contribution is 5.74. The molecule has 0 saturated carbocycles. The van der Waals surface area contributed by atoms with Crippen molar-refractivity contribution in [3.63, 3.8) is 0 Å². The highest BCUT2D eigenvalue weighted by Gasteiger charge is 2.60. The van der Waals surface area contributed by atoms with E-state index in [-0.39, 0.29) is 0 Å². The van der Waals surface area contributed by atoms with Crippen molar-refractivity contribution in [2.45, 2.75) is 273 Å². The number of nitrogens with one attached hydrogen (secondary N) is 4. The van der Waals surface area contributed by atoms with Crippen molar-refractivity contribution in [2.24, 2.45) is 0 Å². The Bertz CT molecular complexity index is 2640. The number of rotatable bonds is 26. The summed E-state index contributed by atoms with van der Waals surface area (Å²) in [5.74, 6) is -3.44. The van der Waals surface area contributed by atoms with Crippen molar-refractivity contribution in [2.75, 3.05) is 52.9 Å². The Labute approximate surface area is 572 Å². The molecule has 8 rings (SSSR count). The van der Waals surface area contributed by atoms with Crippen molar-refractivity contribution >= 4 is 23.6 Å². The van der Waals surface area contributed by atoms with Crippen LogP contribution in [0.3, 0.4) is 0 Å². The molecule has 8 fully saturated rings. The Hall–Kier alpha value is -3.60. The summed E-state index contributed by atoms with van der Waals surface area (Å²) in [6.45, 7) is -4.65. The van der Waals surface area contributed by atoms with Gasteiger partial charge in [-0.2, -0.15) is 0 Å². The third-order valence-electron chi connectivity index (χ3n) is 18.2. The number of aliphatic hydroxyl groups is 22. The quantitative estimate of drug-likeness (QED) is 0.0382. The predicted octanol–water partition coefficient (Wildman–Crippen LogP) is -17.9. The Kier molecular flexibility index (Phi) is 29.9. The first-order chi connectivity index (χ1) is 47.8. The molecular formula is C56H94N4O41. The maximum absolute atomic E-state index is 12.9. The van der Waals surface area contributed by atoms with E-state index >= 15 is 0 Å².